The summed E-state index contributed by atoms with van der Waals surface area (Å²) in [7, 11) is 0. The number of nitrogens with zero attached hydrogens (tertiary/aromatic N) is 3. The number of aryl methyl sites for hydroxylation is 1. The predicted octanol–water partition coefficient (Wildman–Crippen LogP) is 5.36. The topological polar surface area (TPSA) is 76.9 Å². The maximum Gasteiger partial charge on any atom is 0.256 e. The Kier molecular flexibility index (Phi) is 5.83. The maximum absolute atomic E-state index is 14.7. The van der Waals surface area contributed by atoms with Crippen LogP contribution in [0.5, 0.6) is 0 Å². The number of benzene rings is 2. The average Bonchev–Trinajstić information content (AvgIpc) is 3.45. The zero-order chi connectivity index (χ0) is 22.8. The van der Waals surface area contributed by atoms with Gasteiger partial charge in [-0.15, -0.1) is 21.5 Å². The van der Waals surface area contributed by atoms with Gasteiger partial charge in [0, 0.05) is 24.1 Å². The molecule has 6 nitrogen and oxygen atoms in total. The first-order chi connectivity index (χ1) is 16.1. The fraction of sp³-hybridized carbons (Fsp3) is 0.200. The third kappa shape index (κ3) is 4.21. The van der Waals surface area contributed by atoms with Crippen molar-refractivity contribution in [1.82, 2.24) is 14.8 Å². The summed E-state index contributed by atoms with van der Waals surface area (Å²) in [6.45, 7) is 0.814. The minimum atomic E-state index is -0.565. The summed E-state index contributed by atoms with van der Waals surface area (Å²) in [5, 5.41) is 13.1. The van der Waals surface area contributed by atoms with Crippen molar-refractivity contribution in [2.75, 3.05) is 5.32 Å². The van der Waals surface area contributed by atoms with Gasteiger partial charge < -0.3 is 9.88 Å². The van der Waals surface area contributed by atoms with Crippen LogP contribution in [0.25, 0.3) is 11.4 Å². The van der Waals surface area contributed by atoms with E-state index in [2.05, 4.69) is 20.1 Å². The molecular weight excluding hydrogens is 439 g/mol. The number of amides is 1. The van der Waals surface area contributed by atoms with Crippen molar-refractivity contribution < 1.29 is 14.0 Å². The number of carbonyl (C=O) groups is 2. The van der Waals surface area contributed by atoms with Crippen molar-refractivity contribution in [3.05, 3.63) is 87.6 Å². The SMILES string of the molecule is O=C(Nc1cc(-c2nnc3n2CCCCC3)ccc1F)c1ccccc1C(=O)c1cccs1. The lowest BCUT2D eigenvalue weighted by molar-refractivity contribution is 0.0997. The molecule has 1 aliphatic rings. The molecule has 1 aliphatic heterocycles. The second-order valence-corrected chi connectivity index (χ2v) is 8.85. The molecule has 2 aromatic carbocycles. The Labute approximate surface area is 194 Å². The van der Waals surface area contributed by atoms with E-state index in [0.29, 0.717) is 16.3 Å². The number of nitrogens with one attached hydrogen (secondary N) is 1. The van der Waals surface area contributed by atoms with Gasteiger partial charge in [0.25, 0.3) is 5.91 Å². The van der Waals surface area contributed by atoms with Crippen LogP contribution in [0.4, 0.5) is 10.1 Å². The quantitative estimate of drug-likeness (QED) is 0.407. The van der Waals surface area contributed by atoms with Crippen molar-refractivity contribution in [2.24, 2.45) is 0 Å². The van der Waals surface area contributed by atoms with Crippen LogP contribution in [0.1, 0.15) is 50.7 Å². The van der Waals surface area contributed by atoms with Gasteiger partial charge in [-0.05, 0) is 48.6 Å². The number of rotatable bonds is 5. The molecule has 4 aromatic rings. The van der Waals surface area contributed by atoms with Gasteiger partial charge >= 0.3 is 0 Å². The molecule has 8 heteroatoms. The Bertz CT molecular complexity index is 1330. The number of halogens is 1. The van der Waals surface area contributed by atoms with Gasteiger partial charge in [-0.25, -0.2) is 4.39 Å². The number of carbonyl (C=O) groups excluding carboxylic acids is 2. The fourth-order valence-corrected chi connectivity index (χ4v) is 4.75. The summed E-state index contributed by atoms with van der Waals surface area (Å²) >= 11 is 1.31. The van der Waals surface area contributed by atoms with Crippen LogP contribution in [-0.4, -0.2) is 26.5 Å². The van der Waals surface area contributed by atoms with E-state index in [4.69, 9.17) is 0 Å². The average molecular weight is 461 g/mol. The van der Waals surface area contributed by atoms with E-state index >= 15 is 0 Å². The molecule has 0 spiro atoms. The Balaban J connectivity index is 1.45. The van der Waals surface area contributed by atoms with Gasteiger partial charge in [-0.2, -0.15) is 0 Å². The molecule has 3 heterocycles. The third-order valence-corrected chi connectivity index (χ3v) is 6.61. The lowest BCUT2D eigenvalue weighted by atomic mass is 10.0. The molecule has 0 bridgehead atoms. The Morgan fingerprint density at radius 2 is 1.82 bits per heavy atom. The Hall–Kier alpha value is -3.65. The molecule has 0 fully saturated rings. The predicted molar refractivity (Wildman–Crippen MR) is 125 cm³/mol. The second-order valence-electron chi connectivity index (χ2n) is 7.90. The zero-order valence-electron chi connectivity index (χ0n) is 17.8. The van der Waals surface area contributed by atoms with Gasteiger partial charge in [-0.3, -0.25) is 9.59 Å². The van der Waals surface area contributed by atoms with Crippen LogP contribution in [0.2, 0.25) is 0 Å². The number of fused-ring (bicyclic) bond motifs is 1. The smallest absolute Gasteiger partial charge is 0.256 e. The van der Waals surface area contributed by atoms with E-state index < -0.39 is 11.7 Å². The minimum Gasteiger partial charge on any atom is -0.319 e. The van der Waals surface area contributed by atoms with Gasteiger partial charge in [0.05, 0.1) is 16.1 Å². The molecule has 1 amide bonds. The van der Waals surface area contributed by atoms with E-state index in [1.165, 1.54) is 17.4 Å². The summed E-state index contributed by atoms with van der Waals surface area (Å²) in [6, 6.07) is 14.6. The first kappa shape index (κ1) is 21.2. The van der Waals surface area contributed by atoms with E-state index in [-0.39, 0.29) is 22.6 Å². The molecule has 5 rings (SSSR count). The Morgan fingerprint density at radius 1 is 0.970 bits per heavy atom. The van der Waals surface area contributed by atoms with Gasteiger partial charge in [0.1, 0.15) is 11.6 Å². The van der Waals surface area contributed by atoms with Crippen LogP contribution < -0.4 is 5.32 Å². The van der Waals surface area contributed by atoms with Crippen LogP contribution in [0.15, 0.2) is 60.0 Å². The van der Waals surface area contributed by atoms with Gasteiger partial charge in [0.2, 0.25) is 5.78 Å². The fourth-order valence-electron chi connectivity index (χ4n) is 4.07. The number of ketones is 1. The molecule has 166 valence electrons. The van der Waals surface area contributed by atoms with E-state index in [1.54, 1.807) is 48.5 Å². The second kappa shape index (κ2) is 9.07. The number of hydrogen-bond acceptors (Lipinski definition) is 5. The molecule has 0 saturated carbocycles. The third-order valence-electron chi connectivity index (χ3n) is 5.74. The molecule has 0 aliphatic carbocycles. The van der Waals surface area contributed by atoms with Crippen LogP contribution in [0, 0.1) is 5.82 Å². The highest BCUT2D eigenvalue weighted by Gasteiger charge is 2.21. The van der Waals surface area contributed by atoms with Gasteiger partial charge in [-0.1, -0.05) is 30.7 Å². The summed E-state index contributed by atoms with van der Waals surface area (Å²) in [4.78, 5) is 26.5. The summed E-state index contributed by atoms with van der Waals surface area (Å²) in [6.07, 6.45) is 4.12. The molecule has 0 unspecified atom stereocenters. The van der Waals surface area contributed by atoms with Crippen molar-refractivity contribution >= 4 is 28.7 Å². The zero-order valence-corrected chi connectivity index (χ0v) is 18.6. The van der Waals surface area contributed by atoms with E-state index in [0.717, 1.165) is 38.1 Å². The highest BCUT2D eigenvalue weighted by Crippen LogP contribution is 2.27. The molecule has 0 saturated heterocycles. The Morgan fingerprint density at radius 3 is 2.64 bits per heavy atom. The highest BCUT2D eigenvalue weighted by molar-refractivity contribution is 7.12. The number of anilines is 1. The highest BCUT2D eigenvalue weighted by atomic mass is 32.1. The first-order valence-corrected chi connectivity index (χ1v) is 11.7. The molecule has 0 radical (unpaired) electrons. The number of aromatic nitrogens is 3. The van der Waals surface area contributed by atoms with Crippen LogP contribution in [0.3, 0.4) is 0 Å². The molecule has 1 N–H and O–H groups in total. The van der Waals surface area contributed by atoms with E-state index in [1.807, 2.05) is 5.38 Å². The molecule has 2 aromatic heterocycles. The molecule has 0 atom stereocenters. The summed E-state index contributed by atoms with van der Waals surface area (Å²) in [5.41, 5.74) is 1.17. The standard InChI is InChI=1S/C25H21FN4O2S/c26-19-12-11-16(24-29-28-22-10-2-1-5-13-30(22)24)15-20(19)27-25(32)18-8-4-3-7-17(18)23(31)21-9-6-14-33-21/h3-4,6-9,11-12,14-15H,1-2,5,10,13H2,(H,27,32). The largest absolute Gasteiger partial charge is 0.319 e. The van der Waals surface area contributed by atoms with Crippen molar-refractivity contribution in [1.29, 1.82) is 0 Å². The number of thiophene rings is 1. The first-order valence-electron chi connectivity index (χ1n) is 10.8. The van der Waals surface area contributed by atoms with E-state index in [9.17, 15) is 14.0 Å². The van der Waals surface area contributed by atoms with Gasteiger partial charge in [0.15, 0.2) is 5.82 Å². The monoisotopic (exact) mass is 460 g/mol. The summed E-state index contributed by atoms with van der Waals surface area (Å²) < 4.78 is 16.7. The summed E-state index contributed by atoms with van der Waals surface area (Å²) in [5.74, 6) is 0.238. The normalized spacial score (nSPS) is 13.2. The molecular formula is C25H21FN4O2S. The minimum absolute atomic E-state index is 0.0295. The van der Waals surface area contributed by atoms with Crippen LogP contribution in [-0.2, 0) is 13.0 Å². The number of hydrogen-bond donors (Lipinski definition) is 1. The molecule has 33 heavy (non-hydrogen) atoms. The lowest BCUT2D eigenvalue weighted by Crippen LogP contribution is -2.17. The lowest BCUT2D eigenvalue weighted by Gasteiger charge is -2.12. The van der Waals surface area contributed by atoms with Crippen molar-refractivity contribution in [3.8, 4) is 11.4 Å². The van der Waals surface area contributed by atoms with Crippen molar-refractivity contribution in [2.45, 2.75) is 32.2 Å². The maximum atomic E-state index is 14.7. The van der Waals surface area contributed by atoms with Crippen molar-refractivity contribution in [3.63, 3.8) is 0 Å². The van der Waals surface area contributed by atoms with Crippen LogP contribution >= 0.6 is 11.3 Å².